The van der Waals surface area contributed by atoms with E-state index in [4.69, 9.17) is 0 Å². The highest BCUT2D eigenvalue weighted by atomic mass is 19.3. The number of hydrogen-bond donors (Lipinski definition) is 0. The van der Waals surface area contributed by atoms with E-state index >= 15 is 0 Å². The lowest BCUT2D eigenvalue weighted by molar-refractivity contribution is -0.128. The van der Waals surface area contributed by atoms with Crippen LogP contribution in [0.5, 0.6) is 0 Å². The fraction of sp³-hybridized carbons (Fsp3) is 1.00. The van der Waals surface area contributed by atoms with Crippen LogP contribution in [0.4, 0.5) is 8.78 Å². The van der Waals surface area contributed by atoms with Gasteiger partial charge in [0.05, 0.1) is 12.6 Å². The van der Waals surface area contributed by atoms with Crippen LogP contribution in [0.25, 0.3) is 0 Å². The normalized spacial score (nSPS) is 32.4. The lowest BCUT2D eigenvalue weighted by Crippen LogP contribution is -2.58. The van der Waals surface area contributed by atoms with Crippen molar-refractivity contribution >= 4 is 0 Å². The number of nitrogens with zero attached hydrogens (tertiary/aromatic N) is 2. The number of piperidine rings is 1. The van der Waals surface area contributed by atoms with Crippen molar-refractivity contribution in [3.8, 4) is 0 Å². The molecule has 0 aromatic heterocycles. The van der Waals surface area contributed by atoms with E-state index in [9.17, 15) is 8.78 Å². The zero-order valence-electron chi connectivity index (χ0n) is 10.3. The molecule has 2 fully saturated rings. The SMILES string of the molecule is CC(C)N1CCC(N2CCCC2)C(F)(F)C1. The first-order valence-electron chi connectivity index (χ1n) is 6.36. The maximum atomic E-state index is 14.0. The number of halogens is 2. The second-order valence-electron chi connectivity index (χ2n) is 5.37. The third kappa shape index (κ3) is 2.38. The van der Waals surface area contributed by atoms with Crippen molar-refractivity contribution in [3.63, 3.8) is 0 Å². The van der Waals surface area contributed by atoms with Gasteiger partial charge in [0.2, 0.25) is 0 Å². The summed E-state index contributed by atoms with van der Waals surface area (Å²) in [5, 5.41) is 0. The summed E-state index contributed by atoms with van der Waals surface area (Å²) in [5.74, 6) is -2.53. The molecule has 0 aromatic rings. The summed E-state index contributed by atoms with van der Waals surface area (Å²) in [7, 11) is 0. The van der Waals surface area contributed by atoms with Gasteiger partial charge >= 0.3 is 0 Å². The fourth-order valence-electron chi connectivity index (χ4n) is 2.90. The molecule has 2 heterocycles. The summed E-state index contributed by atoms with van der Waals surface area (Å²) in [6.45, 7) is 6.46. The van der Waals surface area contributed by atoms with E-state index < -0.39 is 12.0 Å². The van der Waals surface area contributed by atoms with E-state index in [1.165, 1.54) is 0 Å². The summed E-state index contributed by atoms with van der Waals surface area (Å²) < 4.78 is 28.1. The van der Waals surface area contributed by atoms with Crippen molar-refractivity contribution in [3.05, 3.63) is 0 Å². The van der Waals surface area contributed by atoms with Crippen molar-refractivity contribution in [2.45, 2.75) is 51.1 Å². The maximum absolute atomic E-state index is 14.0. The Morgan fingerprint density at radius 3 is 2.25 bits per heavy atom. The monoisotopic (exact) mass is 232 g/mol. The molecular weight excluding hydrogens is 210 g/mol. The molecule has 1 unspecified atom stereocenters. The molecule has 94 valence electrons. The molecule has 0 spiro atoms. The maximum Gasteiger partial charge on any atom is 0.275 e. The van der Waals surface area contributed by atoms with Crippen LogP contribution in [0.15, 0.2) is 0 Å². The summed E-state index contributed by atoms with van der Waals surface area (Å²) in [6, 6.07) is -0.282. The van der Waals surface area contributed by atoms with Gasteiger partial charge < -0.3 is 0 Å². The average Bonchev–Trinajstić information content (AvgIpc) is 2.68. The van der Waals surface area contributed by atoms with Crippen molar-refractivity contribution in [2.24, 2.45) is 0 Å². The zero-order valence-corrected chi connectivity index (χ0v) is 10.3. The van der Waals surface area contributed by atoms with Crippen LogP contribution >= 0.6 is 0 Å². The predicted octanol–water partition coefficient (Wildman–Crippen LogP) is 2.20. The number of rotatable bonds is 2. The van der Waals surface area contributed by atoms with Crippen molar-refractivity contribution in [1.29, 1.82) is 0 Å². The molecule has 2 saturated heterocycles. The van der Waals surface area contributed by atoms with Gasteiger partial charge in [-0.15, -0.1) is 0 Å². The van der Waals surface area contributed by atoms with E-state index in [-0.39, 0.29) is 12.6 Å². The van der Waals surface area contributed by atoms with E-state index in [1.807, 2.05) is 23.6 Å². The summed E-state index contributed by atoms with van der Waals surface area (Å²) in [4.78, 5) is 3.89. The van der Waals surface area contributed by atoms with Crippen LogP contribution in [-0.2, 0) is 0 Å². The minimum atomic E-state index is -2.53. The van der Waals surface area contributed by atoms with Crippen LogP contribution < -0.4 is 0 Å². The van der Waals surface area contributed by atoms with Gasteiger partial charge in [0.25, 0.3) is 5.92 Å². The molecule has 0 radical (unpaired) electrons. The highest BCUT2D eigenvalue weighted by Gasteiger charge is 2.48. The number of likely N-dealkylation sites (tertiary alicyclic amines) is 2. The molecule has 0 N–H and O–H groups in total. The molecule has 16 heavy (non-hydrogen) atoms. The minimum Gasteiger partial charge on any atom is -0.295 e. The summed E-state index contributed by atoms with van der Waals surface area (Å²) in [5.41, 5.74) is 0. The minimum absolute atomic E-state index is 0.0637. The van der Waals surface area contributed by atoms with Crippen LogP contribution in [-0.4, -0.2) is 54.0 Å². The van der Waals surface area contributed by atoms with Gasteiger partial charge in [-0.2, -0.15) is 0 Å². The van der Waals surface area contributed by atoms with Gasteiger partial charge in [0, 0.05) is 12.6 Å². The van der Waals surface area contributed by atoms with Crippen molar-refractivity contribution in [2.75, 3.05) is 26.2 Å². The lowest BCUT2D eigenvalue weighted by atomic mass is 9.98. The predicted molar refractivity (Wildman–Crippen MR) is 60.9 cm³/mol. The Labute approximate surface area is 96.6 Å². The first-order valence-corrected chi connectivity index (χ1v) is 6.36. The number of hydrogen-bond acceptors (Lipinski definition) is 2. The molecule has 2 aliphatic heterocycles. The molecule has 1 atom stereocenters. The molecule has 2 aliphatic rings. The van der Waals surface area contributed by atoms with Crippen LogP contribution in [0.1, 0.15) is 33.1 Å². The lowest BCUT2D eigenvalue weighted by Gasteiger charge is -2.43. The molecular formula is C12H22F2N2. The Hall–Kier alpha value is -0.220. The van der Waals surface area contributed by atoms with Gasteiger partial charge in [-0.3, -0.25) is 9.80 Å². The van der Waals surface area contributed by atoms with E-state index in [0.29, 0.717) is 6.42 Å². The Bertz CT molecular complexity index is 237. The summed E-state index contributed by atoms with van der Waals surface area (Å²) >= 11 is 0. The molecule has 2 nitrogen and oxygen atoms in total. The van der Waals surface area contributed by atoms with Gasteiger partial charge in [0.1, 0.15) is 0 Å². The first-order chi connectivity index (χ1) is 7.50. The van der Waals surface area contributed by atoms with E-state index in [2.05, 4.69) is 0 Å². The standard InChI is InChI=1S/C12H22F2N2/c1-10(2)16-8-5-11(12(13,14)9-16)15-6-3-4-7-15/h10-11H,3-9H2,1-2H3. The Morgan fingerprint density at radius 2 is 1.75 bits per heavy atom. The molecule has 0 aromatic carbocycles. The average molecular weight is 232 g/mol. The van der Waals surface area contributed by atoms with Gasteiger partial charge in [-0.1, -0.05) is 0 Å². The molecule has 0 amide bonds. The fourth-order valence-corrected chi connectivity index (χ4v) is 2.90. The van der Waals surface area contributed by atoms with Gasteiger partial charge in [-0.25, -0.2) is 8.78 Å². The summed E-state index contributed by atoms with van der Waals surface area (Å²) in [6.07, 6.45) is 2.78. The van der Waals surface area contributed by atoms with Crippen LogP contribution in [0.3, 0.4) is 0 Å². The van der Waals surface area contributed by atoms with E-state index in [1.54, 1.807) is 0 Å². The van der Waals surface area contributed by atoms with Crippen molar-refractivity contribution in [1.82, 2.24) is 9.80 Å². The highest BCUT2D eigenvalue weighted by molar-refractivity contribution is 4.95. The zero-order chi connectivity index (χ0) is 11.8. The third-order valence-corrected chi connectivity index (χ3v) is 3.90. The molecule has 0 aliphatic carbocycles. The first kappa shape index (κ1) is 12.2. The smallest absolute Gasteiger partial charge is 0.275 e. The van der Waals surface area contributed by atoms with Crippen molar-refractivity contribution < 1.29 is 8.78 Å². The number of alkyl halides is 2. The second kappa shape index (κ2) is 4.57. The Morgan fingerprint density at radius 1 is 1.12 bits per heavy atom. The molecule has 0 bridgehead atoms. The topological polar surface area (TPSA) is 6.48 Å². The Kier molecular flexibility index (Phi) is 3.50. The van der Waals surface area contributed by atoms with Gasteiger partial charge in [0.15, 0.2) is 0 Å². The molecule has 2 rings (SSSR count). The van der Waals surface area contributed by atoms with Crippen LogP contribution in [0.2, 0.25) is 0 Å². The molecule has 0 saturated carbocycles. The highest BCUT2D eigenvalue weighted by Crippen LogP contribution is 2.33. The van der Waals surface area contributed by atoms with E-state index in [0.717, 1.165) is 32.5 Å². The van der Waals surface area contributed by atoms with Crippen LogP contribution in [0, 0.1) is 0 Å². The molecule has 4 heteroatoms. The van der Waals surface area contributed by atoms with Gasteiger partial charge in [-0.05, 0) is 46.2 Å². The quantitative estimate of drug-likeness (QED) is 0.720. The second-order valence-corrected chi connectivity index (χ2v) is 5.37. The largest absolute Gasteiger partial charge is 0.295 e. The third-order valence-electron chi connectivity index (χ3n) is 3.90. The Balaban J connectivity index is 2.00.